The van der Waals surface area contributed by atoms with Gasteiger partial charge in [0.15, 0.2) is 10.9 Å². The van der Waals surface area contributed by atoms with Gasteiger partial charge in [0.2, 0.25) is 10.0 Å². The van der Waals surface area contributed by atoms with E-state index in [4.69, 9.17) is 10.2 Å². The van der Waals surface area contributed by atoms with Crippen molar-refractivity contribution in [1.29, 1.82) is 0 Å². The van der Waals surface area contributed by atoms with Crippen molar-refractivity contribution >= 4 is 26.5 Å². The van der Waals surface area contributed by atoms with E-state index in [0.29, 0.717) is 28.9 Å². The normalized spacial score (nSPS) is 12.0. The summed E-state index contributed by atoms with van der Waals surface area (Å²) in [5.74, 6) is 1.24. The quantitative estimate of drug-likeness (QED) is 0.880. The van der Waals surface area contributed by atoms with Crippen LogP contribution in [0.1, 0.15) is 19.6 Å². The number of aromatic nitrogens is 1. The van der Waals surface area contributed by atoms with Gasteiger partial charge in [-0.15, -0.1) is 11.3 Å². The molecule has 0 atom stereocenters. The van der Waals surface area contributed by atoms with Crippen LogP contribution < -0.4 is 10.5 Å². The molecule has 8 heteroatoms. The van der Waals surface area contributed by atoms with Crippen LogP contribution in [0.5, 0.6) is 0 Å². The van der Waals surface area contributed by atoms with E-state index in [9.17, 15) is 8.42 Å². The van der Waals surface area contributed by atoms with Crippen LogP contribution in [0, 0.1) is 0 Å². The lowest BCUT2D eigenvalue weighted by Gasteiger charge is -2.07. The number of rotatable bonds is 5. The fourth-order valence-corrected chi connectivity index (χ4v) is 2.91. The highest BCUT2D eigenvalue weighted by atomic mass is 32.2. The Hall–Kier alpha value is -1.38. The molecule has 0 fully saturated rings. The van der Waals surface area contributed by atoms with E-state index in [-0.39, 0.29) is 0 Å². The summed E-state index contributed by atoms with van der Waals surface area (Å²) in [5.41, 5.74) is 6.05. The van der Waals surface area contributed by atoms with E-state index in [0.717, 1.165) is 0 Å². The number of nitrogens with two attached hydrogens (primary N) is 1. The summed E-state index contributed by atoms with van der Waals surface area (Å²) in [4.78, 5) is 4.19. The van der Waals surface area contributed by atoms with Crippen LogP contribution in [-0.4, -0.2) is 18.7 Å². The number of nitrogens with zero attached hydrogens (tertiary/aromatic N) is 1. The maximum absolute atomic E-state index is 11.7. The van der Waals surface area contributed by atoms with Crippen molar-refractivity contribution in [2.24, 2.45) is 5.73 Å². The van der Waals surface area contributed by atoms with E-state index < -0.39 is 15.3 Å². The molecule has 2 aromatic heterocycles. The second-order valence-corrected chi connectivity index (χ2v) is 7.30. The second-order valence-electron chi connectivity index (χ2n) is 4.20. The molecular formula is C11H15N3O3S2. The van der Waals surface area contributed by atoms with Crippen LogP contribution in [0.25, 0.3) is 11.5 Å². The monoisotopic (exact) mass is 301 g/mol. The first-order chi connectivity index (χ1) is 8.92. The summed E-state index contributed by atoms with van der Waals surface area (Å²) in [6, 6.07) is 3.53. The molecule has 104 valence electrons. The molecule has 3 N–H and O–H groups in total. The molecule has 6 nitrogen and oxygen atoms in total. The fourth-order valence-electron chi connectivity index (χ4n) is 1.30. The zero-order valence-electron chi connectivity index (χ0n) is 10.6. The Morgan fingerprint density at radius 3 is 2.79 bits per heavy atom. The predicted octanol–water partition coefficient (Wildman–Crippen LogP) is 2.01. The molecule has 2 aromatic rings. The Morgan fingerprint density at radius 1 is 1.47 bits per heavy atom. The van der Waals surface area contributed by atoms with Crippen LogP contribution in [0.2, 0.25) is 0 Å². The molecule has 0 amide bonds. The van der Waals surface area contributed by atoms with Gasteiger partial charge in [0.25, 0.3) is 0 Å². The molecule has 2 heterocycles. The van der Waals surface area contributed by atoms with Crippen molar-refractivity contribution in [3.63, 3.8) is 0 Å². The number of nitrogens with one attached hydrogen (secondary N) is 1. The van der Waals surface area contributed by atoms with Crippen molar-refractivity contribution in [2.75, 3.05) is 4.72 Å². The van der Waals surface area contributed by atoms with Gasteiger partial charge >= 0.3 is 0 Å². The van der Waals surface area contributed by atoms with E-state index in [2.05, 4.69) is 9.71 Å². The lowest BCUT2D eigenvalue weighted by molar-refractivity contribution is 0.524. The van der Waals surface area contributed by atoms with Crippen molar-refractivity contribution in [2.45, 2.75) is 25.6 Å². The van der Waals surface area contributed by atoms with Gasteiger partial charge < -0.3 is 10.2 Å². The average Bonchev–Trinajstić information content (AvgIpc) is 2.96. The molecule has 0 unspecified atom stereocenters. The lowest BCUT2D eigenvalue weighted by atomic mass is 10.3. The van der Waals surface area contributed by atoms with E-state index in [1.54, 1.807) is 31.4 Å². The maximum atomic E-state index is 11.7. The number of hydrogen-bond donors (Lipinski definition) is 2. The van der Waals surface area contributed by atoms with Gasteiger partial charge in [-0.25, -0.2) is 13.4 Å². The minimum absolute atomic E-state index is 0.316. The van der Waals surface area contributed by atoms with Crippen LogP contribution >= 0.6 is 11.3 Å². The Labute approximate surface area is 115 Å². The molecule has 0 saturated carbocycles. The Kier molecular flexibility index (Phi) is 3.93. The van der Waals surface area contributed by atoms with E-state index in [1.165, 1.54) is 11.3 Å². The standard InChI is InChI=1S/C11H15N3O3S2/c1-7(2)19(15,16)14-11-13-9(6-18-11)10-4-3-8(5-12)17-10/h3-4,6-7H,5,12H2,1-2H3,(H,13,14). The van der Waals surface area contributed by atoms with Gasteiger partial charge in [-0.1, -0.05) is 0 Å². The zero-order chi connectivity index (χ0) is 14.0. The maximum Gasteiger partial charge on any atom is 0.236 e. The first kappa shape index (κ1) is 14.0. The Morgan fingerprint density at radius 2 is 2.21 bits per heavy atom. The van der Waals surface area contributed by atoms with Crippen molar-refractivity contribution in [3.8, 4) is 11.5 Å². The van der Waals surface area contributed by atoms with Gasteiger partial charge in [0, 0.05) is 5.38 Å². The van der Waals surface area contributed by atoms with Gasteiger partial charge in [-0.3, -0.25) is 4.72 Å². The molecule has 0 aliphatic rings. The highest BCUT2D eigenvalue weighted by Gasteiger charge is 2.18. The van der Waals surface area contributed by atoms with Gasteiger partial charge in [0.05, 0.1) is 11.8 Å². The second kappa shape index (κ2) is 5.32. The molecular weight excluding hydrogens is 286 g/mol. The van der Waals surface area contributed by atoms with Crippen molar-refractivity contribution in [3.05, 3.63) is 23.3 Å². The topological polar surface area (TPSA) is 98.2 Å². The average molecular weight is 301 g/mol. The van der Waals surface area contributed by atoms with E-state index in [1.807, 2.05) is 0 Å². The highest BCUT2D eigenvalue weighted by molar-refractivity contribution is 7.93. The van der Waals surface area contributed by atoms with Gasteiger partial charge in [-0.2, -0.15) is 0 Å². The molecule has 0 radical (unpaired) electrons. The van der Waals surface area contributed by atoms with Crippen LogP contribution in [0.15, 0.2) is 21.9 Å². The summed E-state index contributed by atoms with van der Waals surface area (Å²) >= 11 is 1.21. The summed E-state index contributed by atoms with van der Waals surface area (Å²) < 4.78 is 31.3. The zero-order valence-corrected chi connectivity index (χ0v) is 12.2. The summed E-state index contributed by atoms with van der Waals surface area (Å²) in [6.45, 7) is 3.53. The third kappa shape index (κ3) is 3.14. The van der Waals surface area contributed by atoms with Gasteiger partial charge in [-0.05, 0) is 26.0 Å². The molecule has 0 aliphatic carbocycles. The lowest BCUT2D eigenvalue weighted by Crippen LogP contribution is -2.22. The molecule has 0 spiro atoms. The van der Waals surface area contributed by atoms with Crippen LogP contribution in [0.4, 0.5) is 5.13 Å². The first-order valence-corrected chi connectivity index (χ1v) is 8.11. The minimum Gasteiger partial charge on any atom is -0.458 e. The van der Waals surface area contributed by atoms with Crippen LogP contribution in [0.3, 0.4) is 0 Å². The number of furan rings is 1. The number of sulfonamides is 1. The molecule has 0 saturated heterocycles. The molecule has 2 rings (SSSR count). The number of thiazole rings is 1. The smallest absolute Gasteiger partial charge is 0.236 e. The van der Waals surface area contributed by atoms with E-state index >= 15 is 0 Å². The Balaban J connectivity index is 2.20. The largest absolute Gasteiger partial charge is 0.458 e. The SMILES string of the molecule is CC(C)S(=O)(=O)Nc1nc(-c2ccc(CN)o2)cs1. The summed E-state index contributed by atoms with van der Waals surface area (Å²) in [7, 11) is -3.37. The highest BCUT2D eigenvalue weighted by Crippen LogP contribution is 2.27. The molecule has 19 heavy (non-hydrogen) atoms. The van der Waals surface area contributed by atoms with Crippen LogP contribution in [-0.2, 0) is 16.6 Å². The summed E-state index contributed by atoms with van der Waals surface area (Å²) in [5, 5.41) is 1.55. The minimum atomic E-state index is -3.37. The third-order valence-electron chi connectivity index (χ3n) is 2.47. The van der Waals surface area contributed by atoms with Gasteiger partial charge in [0.1, 0.15) is 11.5 Å². The fraction of sp³-hybridized carbons (Fsp3) is 0.364. The van der Waals surface area contributed by atoms with Crippen molar-refractivity contribution in [1.82, 2.24) is 4.98 Å². The third-order valence-corrected chi connectivity index (χ3v) is 5.08. The Bertz CT molecular complexity index is 658. The van der Waals surface area contributed by atoms with Crippen molar-refractivity contribution < 1.29 is 12.8 Å². The molecule has 0 aromatic carbocycles. The number of hydrogen-bond acceptors (Lipinski definition) is 6. The predicted molar refractivity (Wildman–Crippen MR) is 75.4 cm³/mol. The summed E-state index contributed by atoms with van der Waals surface area (Å²) in [6.07, 6.45) is 0. The molecule has 0 aliphatic heterocycles. The first-order valence-electron chi connectivity index (χ1n) is 5.68. The molecule has 0 bridgehead atoms. The number of anilines is 1.